The van der Waals surface area contributed by atoms with E-state index >= 15 is 0 Å². The van der Waals surface area contributed by atoms with Crippen molar-refractivity contribution >= 4 is 17.8 Å². The third-order valence-corrected chi connectivity index (χ3v) is 3.73. The molecule has 0 saturated carbocycles. The number of aliphatic hydroxyl groups is 1. The molecule has 1 aliphatic heterocycles. The van der Waals surface area contributed by atoms with E-state index < -0.39 is 0 Å². The first kappa shape index (κ1) is 15.3. The van der Waals surface area contributed by atoms with Crippen molar-refractivity contribution in [2.45, 2.75) is 19.4 Å². The van der Waals surface area contributed by atoms with Gasteiger partial charge in [0.25, 0.3) is 5.91 Å². The molecule has 0 bridgehead atoms. The van der Waals surface area contributed by atoms with Crippen LogP contribution in [0.4, 0.5) is 0 Å². The van der Waals surface area contributed by atoms with Crippen molar-refractivity contribution in [1.29, 1.82) is 0 Å². The lowest BCUT2D eigenvalue weighted by atomic mass is 10.0. The molecule has 1 aromatic heterocycles. The Balaban J connectivity index is 2.32. The maximum atomic E-state index is 12.4. The molecule has 1 unspecified atom stereocenters. The molecule has 1 aromatic rings. The molecule has 21 heavy (non-hydrogen) atoms. The van der Waals surface area contributed by atoms with Crippen LogP contribution in [0.15, 0.2) is 12.4 Å². The number of rotatable bonds is 5. The summed E-state index contributed by atoms with van der Waals surface area (Å²) in [6.45, 7) is 2.46. The van der Waals surface area contributed by atoms with Crippen LogP contribution in [0.2, 0.25) is 0 Å². The number of carbonyl (C=O) groups is 2. The van der Waals surface area contributed by atoms with Crippen molar-refractivity contribution in [1.82, 2.24) is 14.8 Å². The van der Waals surface area contributed by atoms with Crippen molar-refractivity contribution < 1.29 is 14.7 Å². The monoisotopic (exact) mass is 291 g/mol. The van der Waals surface area contributed by atoms with E-state index in [-0.39, 0.29) is 18.6 Å². The first-order valence-corrected chi connectivity index (χ1v) is 6.93. The van der Waals surface area contributed by atoms with E-state index in [4.69, 9.17) is 0 Å². The van der Waals surface area contributed by atoms with E-state index in [1.165, 1.54) is 0 Å². The SMILES string of the molecule is C/C(=C/N(C)C)c1[nH]cc(C(=O)N2CCC2CO)c1C=O. The molecule has 2 rings (SSSR count). The Bertz CT molecular complexity index is 573. The second kappa shape index (κ2) is 6.13. The normalized spacial score (nSPS) is 18.4. The van der Waals surface area contributed by atoms with Gasteiger partial charge in [0.2, 0.25) is 0 Å². The van der Waals surface area contributed by atoms with Gasteiger partial charge in [-0.25, -0.2) is 0 Å². The lowest BCUT2D eigenvalue weighted by molar-refractivity contribution is 0.0295. The number of amides is 1. The first-order chi connectivity index (χ1) is 9.99. The molecule has 0 aromatic carbocycles. The Kier molecular flexibility index (Phi) is 4.47. The summed E-state index contributed by atoms with van der Waals surface area (Å²) in [5, 5.41) is 9.19. The van der Waals surface area contributed by atoms with Gasteiger partial charge in [0.1, 0.15) is 0 Å². The molecule has 0 spiro atoms. The molecule has 114 valence electrons. The van der Waals surface area contributed by atoms with Gasteiger partial charge < -0.3 is 19.9 Å². The van der Waals surface area contributed by atoms with Gasteiger partial charge in [-0.05, 0) is 18.9 Å². The van der Waals surface area contributed by atoms with E-state index in [1.807, 2.05) is 32.1 Å². The minimum absolute atomic E-state index is 0.0427. The van der Waals surface area contributed by atoms with Crippen molar-refractivity contribution in [2.24, 2.45) is 0 Å². The number of nitrogens with zero attached hydrogens (tertiary/aromatic N) is 2. The summed E-state index contributed by atoms with van der Waals surface area (Å²) in [5.41, 5.74) is 2.27. The Morgan fingerprint density at radius 2 is 2.29 bits per heavy atom. The van der Waals surface area contributed by atoms with E-state index in [9.17, 15) is 14.7 Å². The summed E-state index contributed by atoms with van der Waals surface area (Å²) in [4.78, 5) is 30.3. The number of aromatic amines is 1. The van der Waals surface area contributed by atoms with Crippen LogP contribution >= 0.6 is 0 Å². The van der Waals surface area contributed by atoms with Crippen molar-refractivity contribution in [3.8, 4) is 0 Å². The van der Waals surface area contributed by atoms with Crippen LogP contribution in [-0.2, 0) is 0 Å². The molecule has 0 aliphatic carbocycles. The van der Waals surface area contributed by atoms with Crippen molar-refractivity contribution in [2.75, 3.05) is 27.2 Å². The van der Waals surface area contributed by atoms with Crippen LogP contribution in [0.1, 0.15) is 39.8 Å². The van der Waals surface area contributed by atoms with Crippen LogP contribution in [0, 0.1) is 0 Å². The lowest BCUT2D eigenvalue weighted by Gasteiger charge is -2.39. The van der Waals surface area contributed by atoms with Crippen LogP contribution in [0.25, 0.3) is 5.57 Å². The van der Waals surface area contributed by atoms with Crippen LogP contribution in [0.3, 0.4) is 0 Å². The predicted molar refractivity (Wildman–Crippen MR) is 80.0 cm³/mol. The first-order valence-electron chi connectivity index (χ1n) is 6.93. The van der Waals surface area contributed by atoms with Crippen LogP contribution in [0.5, 0.6) is 0 Å². The summed E-state index contributed by atoms with van der Waals surface area (Å²) in [5.74, 6) is -0.206. The highest BCUT2D eigenvalue weighted by molar-refractivity contribution is 6.04. The minimum Gasteiger partial charge on any atom is -0.394 e. The van der Waals surface area contributed by atoms with Crippen molar-refractivity contribution in [3.05, 3.63) is 29.2 Å². The summed E-state index contributed by atoms with van der Waals surface area (Å²) >= 11 is 0. The van der Waals surface area contributed by atoms with E-state index in [0.29, 0.717) is 29.7 Å². The summed E-state index contributed by atoms with van der Waals surface area (Å²) in [6, 6.07) is -0.131. The number of carbonyl (C=O) groups excluding carboxylic acids is 2. The second-order valence-electron chi connectivity index (χ2n) is 5.51. The van der Waals surface area contributed by atoms with Gasteiger partial charge in [-0.1, -0.05) is 0 Å². The highest BCUT2D eigenvalue weighted by Gasteiger charge is 2.34. The molecular formula is C15H21N3O3. The maximum absolute atomic E-state index is 12.4. The number of aldehydes is 1. The lowest BCUT2D eigenvalue weighted by Crippen LogP contribution is -2.53. The fraction of sp³-hybridized carbons (Fsp3) is 0.467. The molecule has 0 radical (unpaired) electrons. The number of likely N-dealkylation sites (tertiary alicyclic amines) is 1. The fourth-order valence-corrected chi connectivity index (χ4v) is 2.56. The summed E-state index contributed by atoms with van der Waals surface area (Å²) in [6.07, 6.45) is 4.96. The zero-order valence-corrected chi connectivity index (χ0v) is 12.6. The molecular weight excluding hydrogens is 270 g/mol. The average Bonchev–Trinajstić information content (AvgIpc) is 2.80. The zero-order chi connectivity index (χ0) is 15.6. The van der Waals surface area contributed by atoms with Gasteiger partial charge in [-0.15, -0.1) is 0 Å². The molecule has 1 fully saturated rings. The number of H-pyrrole nitrogens is 1. The molecule has 6 nitrogen and oxygen atoms in total. The second-order valence-corrected chi connectivity index (χ2v) is 5.51. The van der Waals surface area contributed by atoms with Crippen molar-refractivity contribution in [3.63, 3.8) is 0 Å². The van der Waals surface area contributed by atoms with E-state index in [2.05, 4.69) is 4.98 Å². The Labute approximate surface area is 124 Å². The molecule has 1 aliphatic rings. The number of aliphatic hydroxyl groups excluding tert-OH is 1. The molecule has 2 heterocycles. The standard InChI is InChI=1S/C15H21N3O3/c1-10(7-17(2)3)14-13(9-20)12(6-16-14)15(21)18-5-4-11(18)8-19/h6-7,9,11,16,19H,4-5,8H2,1-3H3/b10-7-. The topological polar surface area (TPSA) is 76.6 Å². The van der Waals surface area contributed by atoms with E-state index in [0.717, 1.165) is 12.0 Å². The third kappa shape index (κ3) is 2.85. The number of nitrogens with one attached hydrogen (secondary N) is 1. The molecule has 1 saturated heterocycles. The Hall–Kier alpha value is -2.08. The van der Waals surface area contributed by atoms with Gasteiger partial charge in [0.05, 0.1) is 29.5 Å². The van der Waals surface area contributed by atoms with Crippen LogP contribution in [-0.4, -0.2) is 65.4 Å². The quantitative estimate of drug-likeness (QED) is 0.792. The number of aromatic nitrogens is 1. The molecule has 1 amide bonds. The smallest absolute Gasteiger partial charge is 0.256 e. The zero-order valence-electron chi connectivity index (χ0n) is 12.6. The minimum atomic E-state index is -0.206. The highest BCUT2D eigenvalue weighted by atomic mass is 16.3. The Morgan fingerprint density at radius 3 is 2.76 bits per heavy atom. The number of hydrogen-bond donors (Lipinski definition) is 2. The van der Waals surface area contributed by atoms with Gasteiger partial charge in [0.15, 0.2) is 6.29 Å². The number of hydrogen-bond acceptors (Lipinski definition) is 4. The third-order valence-electron chi connectivity index (χ3n) is 3.73. The largest absolute Gasteiger partial charge is 0.394 e. The average molecular weight is 291 g/mol. The summed E-state index contributed by atoms with van der Waals surface area (Å²) < 4.78 is 0. The molecule has 6 heteroatoms. The molecule has 2 N–H and O–H groups in total. The van der Waals surface area contributed by atoms with Gasteiger partial charge in [0, 0.05) is 33.0 Å². The number of allylic oxidation sites excluding steroid dienone is 1. The predicted octanol–water partition coefficient (Wildman–Crippen LogP) is 0.956. The van der Waals surface area contributed by atoms with Gasteiger partial charge >= 0.3 is 0 Å². The highest BCUT2D eigenvalue weighted by Crippen LogP contribution is 2.25. The van der Waals surface area contributed by atoms with Gasteiger partial charge in [-0.3, -0.25) is 9.59 Å². The summed E-state index contributed by atoms with van der Waals surface area (Å²) in [7, 11) is 3.79. The molecule has 1 atom stereocenters. The van der Waals surface area contributed by atoms with Gasteiger partial charge in [-0.2, -0.15) is 0 Å². The Morgan fingerprint density at radius 1 is 1.57 bits per heavy atom. The fourth-order valence-electron chi connectivity index (χ4n) is 2.56. The van der Waals surface area contributed by atoms with Crippen LogP contribution < -0.4 is 0 Å². The maximum Gasteiger partial charge on any atom is 0.256 e. The van der Waals surface area contributed by atoms with E-state index in [1.54, 1.807) is 11.1 Å².